The smallest absolute Gasteiger partial charge is 0.212 e. The first-order valence-corrected chi connectivity index (χ1v) is 5.03. The van der Waals surface area contributed by atoms with Gasteiger partial charge in [-0.2, -0.15) is 0 Å². The van der Waals surface area contributed by atoms with Crippen molar-refractivity contribution >= 4 is 11.5 Å². The molecule has 1 aromatic carbocycles. The fourth-order valence-corrected chi connectivity index (χ4v) is 1.59. The van der Waals surface area contributed by atoms with Crippen LogP contribution >= 0.6 is 0 Å². The largest absolute Gasteiger partial charge is 0.396 e. The minimum Gasteiger partial charge on any atom is -0.396 e. The first-order valence-electron chi connectivity index (χ1n) is 5.03. The Balaban J connectivity index is 2.29. The molecule has 0 unspecified atom stereocenters. The van der Waals surface area contributed by atoms with E-state index < -0.39 is 5.82 Å². The lowest BCUT2D eigenvalue weighted by molar-refractivity contribution is -0.113. The fraction of sp³-hybridized carbons (Fsp3) is 0.0833. The summed E-state index contributed by atoms with van der Waals surface area (Å²) in [6.07, 6.45) is 0. The maximum absolute atomic E-state index is 13.2. The molecule has 0 spiro atoms. The number of hydrogen-bond donors (Lipinski definition) is 3. The van der Waals surface area contributed by atoms with E-state index in [9.17, 15) is 9.18 Å². The van der Waals surface area contributed by atoms with Crippen molar-refractivity contribution in [3.63, 3.8) is 0 Å². The number of allylic oxidation sites excluding steroid dienone is 2. The number of Topliss-reactive ketones (excluding diaryl/α,β-unsaturated/α-hetero) is 1. The Labute approximate surface area is 97.8 Å². The van der Waals surface area contributed by atoms with Crippen molar-refractivity contribution in [3.05, 3.63) is 53.1 Å². The van der Waals surface area contributed by atoms with Crippen LogP contribution in [0.1, 0.15) is 5.56 Å². The molecular weight excluding hydrogens is 221 g/mol. The van der Waals surface area contributed by atoms with Crippen LogP contribution in [0.2, 0.25) is 0 Å². The molecular formula is C12H12FN3O. The highest BCUT2D eigenvalue weighted by Crippen LogP contribution is 2.26. The molecule has 5 N–H and O–H groups in total. The third kappa shape index (κ3) is 1.92. The molecule has 0 saturated heterocycles. The zero-order valence-electron chi connectivity index (χ0n) is 9.09. The normalized spacial score (nSPS) is 14.9. The molecule has 0 amide bonds. The minimum absolute atomic E-state index is 0.224. The van der Waals surface area contributed by atoms with E-state index in [0.717, 1.165) is 0 Å². The van der Waals surface area contributed by atoms with Gasteiger partial charge >= 0.3 is 0 Å². The fourth-order valence-electron chi connectivity index (χ4n) is 1.59. The van der Waals surface area contributed by atoms with Crippen molar-refractivity contribution in [1.82, 2.24) is 0 Å². The molecule has 4 nitrogen and oxygen atoms in total. The number of nitrogens with one attached hydrogen (secondary N) is 1. The molecule has 88 valence electrons. The summed E-state index contributed by atoms with van der Waals surface area (Å²) in [5.74, 6) is -0.665. The Morgan fingerprint density at radius 1 is 1.35 bits per heavy atom. The third-order valence-electron chi connectivity index (χ3n) is 2.56. The summed E-state index contributed by atoms with van der Waals surface area (Å²) in [6.45, 7) is 3.72. The van der Waals surface area contributed by atoms with Gasteiger partial charge in [-0.1, -0.05) is 6.58 Å². The molecule has 1 aromatic rings. The van der Waals surface area contributed by atoms with Crippen LogP contribution in [0.3, 0.4) is 0 Å². The first-order chi connectivity index (χ1) is 8.02. The van der Waals surface area contributed by atoms with E-state index in [2.05, 4.69) is 11.9 Å². The van der Waals surface area contributed by atoms with Crippen LogP contribution in [0.15, 0.2) is 41.7 Å². The highest BCUT2D eigenvalue weighted by atomic mass is 19.1. The van der Waals surface area contributed by atoms with E-state index in [-0.39, 0.29) is 23.6 Å². The number of carbonyl (C=O) groups is 1. The van der Waals surface area contributed by atoms with Crippen molar-refractivity contribution in [2.24, 2.45) is 11.5 Å². The molecule has 5 heteroatoms. The van der Waals surface area contributed by atoms with Gasteiger partial charge < -0.3 is 16.8 Å². The van der Waals surface area contributed by atoms with Crippen LogP contribution in [0, 0.1) is 5.82 Å². The van der Waals surface area contributed by atoms with Gasteiger partial charge in [0.1, 0.15) is 11.5 Å². The van der Waals surface area contributed by atoms with E-state index >= 15 is 0 Å². The molecule has 0 atom stereocenters. The molecule has 0 radical (unpaired) electrons. The number of benzene rings is 1. The predicted molar refractivity (Wildman–Crippen MR) is 63.3 cm³/mol. The monoisotopic (exact) mass is 233 g/mol. The molecule has 0 fully saturated rings. The lowest BCUT2D eigenvalue weighted by Gasteiger charge is -2.22. The topological polar surface area (TPSA) is 81.1 Å². The van der Waals surface area contributed by atoms with Crippen molar-refractivity contribution in [1.29, 1.82) is 0 Å². The van der Waals surface area contributed by atoms with E-state index in [1.807, 2.05) is 0 Å². The van der Waals surface area contributed by atoms with E-state index in [1.54, 1.807) is 6.07 Å². The summed E-state index contributed by atoms with van der Waals surface area (Å²) in [4.78, 5) is 11.4. The summed E-state index contributed by atoms with van der Waals surface area (Å²) in [5.41, 5.74) is 13.0. The second kappa shape index (κ2) is 4.03. The predicted octanol–water partition coefficient (Wildman–Crippen LogP) is 1.01. The van der Waals surface area contributed by atoms with Gasteiger partial charge in [0.05, 0.1) is 5.70 Å². The number of rotatable bonds is 3. The maximum Gasteiger partial charge on any atom is 0.212 e. The summed E-state index contributed by atoms with van der Waals surface area (Å²) in [7, 11) is 0. The minimum atomic E-state index is -0.416. The summed E-state index contributed by atoms with van der Waals surface area (Å²) >= 11 is 0. The van der Waals surface area contributed by atoms with Crippen molar-refractivity contribution in [2.75, 3.05) is 5.32 Å². The summed E-state index contributed by atoms with van der Waals surface area (Å²) in [5, 5.41) is 2.77. The summed E-state index contributed by atoms with van der Waals surface area (Å²) in [6, 6.07) is 4.27. The SMILES string of the molecule is C=C1C(=O)C(Nc2cc(F)cc(CN)c2)=C1N. The number of ketones is 1. The number of anilines is 1. The second-order valence-electron chi connectivity index (χ2n) is 3.77. The first kappa shape index (κ1) is 11.3. The molecule has 0 heterocycles. The maximum atomic E-state index is 13.2. The van der Waals surface area contributed by atoms with Crippen LogP contribution in [0.25, 0.3) is 0 Å². The molecule has 1 aliphatic rings. The van der Waals surface area contributed by atoms with Crippen LogP contribution in [-0.4, -0.2) is 5.78 Å². The molecule has 0 aliphatic heterocycles. The zero-order chi connectivity index (χ0) is 12.6. The Morgan fingerprint density at radius 2 is 2.06 bits per heavy atom. The van der Waals surface area contributed by atoms with Crippen molar-refractivity contribution in [2.45, 2.75) is 6.54 Å². The van der Waals surface area contributed by atoms with Gasteiger partial charge in [-0.3, -0.25) is 4.79 Å². The van der Waals surface area contributed by atoms with Gasteiger partial charge in [-0.05, 0) is 23.8 Å². The number of nitrogens with two attached hydrogens (primary N) is 2. The molecule has 1 aliphatic carbocycles. The van der Waals surface area contributed by atoms with Gasteiger partial charge in [0.25, 0.3) is 0 Å². The molecule has 0 aromatic heterocycles. The quantitative estimate of drug-likeness (QED) is 0.680. The lowest BCUT2D eigenvalue weighted by Crippen LogP contribution is -2.31. The Morgan fingerprint density at radius 3 is 2.65 bits per heavy atom. The highest BCUT2D eigenvalue weighted by molar-refractivity contribution is 6.20. The Kier molecular flexibility index (Phi) is 2.69. The van der Waals surface area contributed by atoms with Gasteiger partial charge in [-0.15, -0.1) is 0 Å². The van der Waals surface area contributed by atoms with E-state index in [4.69, 9.17) is 11.5 Å². The average Bonchev–Trinajstić information content (AvgIpc) is 2.33. The molecule has 0 bridgehead atoms. The number of carbonyl (C=O) groups excluding carboxylic acids is 1. The van der Waals surface area contributed by atoms with Gasteiger partial charge in [-0.25, -0.2) is 4.39 Å². The lowest BCUT2D eigenvalue weighted by atomic mass is 9.93. The van der Waals surface area contributed by atoms with Crippen LogP contribution in [-0.2, 0) is 11.3 Å². The third-order valence-corrected chi connectivity index (χ3v) is 2.56. The van der Waals surface area contributed by atoms with Crippen molar-refractivity contribution in [3.8, 4) is 0 Å². The zero-order valence-corrected chi connectivity index (χ0v) is 9.09. The number of hydrogen-bond acceptors (Lipinski definition) is 4. The Hall–Kier alpha value is -2.14. The molecule has 17 heavy (non-hydrogen) atoms. The van der Waals surface area contributed by atoms with Gasteiger partial charge in [0, 0.05) is 17.8 Å². The average molecular weight is 233 g/mol. The second-order valence-corrected chi connectivity index (χ2v) is 3.77. The molecule has 2 rings (SSSR count). The van der Waals surface area contributed by atoms with Crippen LogP contribution in [0.5, 0.6) is 0 Å². The van der Waals surface area contributed by atoms with Crippen molar-refractivity contribution < 1.29 is 9.18 Å². The van der Waals surface area contributed by atoms with Gasteiger partial charge in [0.2, 0.25) is 5.78 Å². The van der Waals surface area contributed by atoms with Crippen LogP contribution < -0.4 is 16.8 Å². The highest BCUT2D eigenvalue weighted by Gasteiger charge is 2.29. The van der Waals surface area contributed by atoms with E-state index in [1.165, 1.54) is 12.1 Å². The van der Waals surface area contributed by atoms with E-state index in [0.29, 0.717) is 16.9 Å². The van der Waals surface area contributed by atoms with Gasteiger partial charge in [0.15, 0.2) is 0 Å². The standard InChI is InChI=1S/C12H12FN3O/c1-6-10(15)11(12(6)17)16-9-3-7(5-14)2-8(13)4-9/h2-4,16H,1,5,14-15H2. The summed E-state index contributed by atoms with van der Waals surface area (Å²) < 4.78 is 13.2. The Bertz CT molecular complexity index is 549. The van der Waals surface area contributed by atoms with Crippen LogP contribution in [0.4, 0.5) is 10.1 Å². The molecule has 0 saturated carbocycles. The number of halogens is 1.